The van der Waals surface area contributed by atoms with Gasteiger partial charge in [0, 0.05) is 0 Å². The van der Waals surface area contributed by atoms with Gasteiger partial charge >= 0.3 is 12.1 Å². The molecule has 0 saturated heterocycles. The number of aromatic hydroxyl groups is 1. The molecule has 0 heterocycles. The van der Waals surface area contributed by atoms with Crippen molar-refractivity contribution in [1.82, 2.24) is 0 Å². The molecule has 0 atom stereocenters. The molecule has 0 aliphatic carbocycles. The van der Waals surface area contributed by atoms with Crippen LogP contribution in [0.5, 0.6) is 5.75 Å². The van der Waals surface area contributed by atoms with Crippen LogP contribution in [0.25, 0.3) is 0 Å². The fraction of sp³-hybridized carbons (Fsp3) is 0.125. The topological polar surface area (TPSA) is 57.5 Å². The number of aromatic carboxylic acids is 1. The Balaban J connectivity index is 3.41. The van der Waals surface area contributed by atoms with Crippen LogP contribution < -0.4 is 0 Å². The van der Waals surface area contributed by atoms with Crippen molar-refractivity contribution in [3.8, 4) is 5.75 Å². The lowest BCUT2D eigenvalue weighted by Gasteiger charge is -2.09. The van der Waals surface area contributed by atoms with Crippen molar-refractivity contribution in [1.29, 1.82) is 0 Å². The molecule has 1 aromatic rings. The van der Waals surface area contributed by atoms with E-state index in [1.165, 1.54) is 0 Å². The molecule has 15 heavy (non-hydrogen) atoms. The predicted octanol–water partition coefficient (Wildman–Crippen LogP) is 2.25. The van der Waals surface area contributed by atoms with Gasteiger partial charge in [-0.05, 0) is 12.1 Å². The molecule has 0 fully saturated rings. The Bertz CT molecular complexity index is 411. The Labute approximate surface area is 80.6 Å². The van der Waals surface area contributed by atoms with Crippen LogP contribution in [0.3, 0.4) is 0 Å². The molecule has 2 N–H and O–H groups in total. The zero-order valence-electron chi connectivity index (χ0n) is 6.97. The zero-order chi connectivity index (χ0) is 11.8. The second-order valence-corrected chi connectivity index (χ2v) is 2.63. The minimum absolute atomic E-state index is 0.262. The number of benzene rings is 1. The number of halogens is 4. The van der Waals surface area contributed by atoms with Gasteiger partial charge in [-0.15, -0.1) is 0 Å². The van der Waals surface area contributed by atoms with Gasteiger partial charge in [0.05, 0.1) is 5.56 Å². The fourth-order valence-electron chi connectivity index (χ4n) is 0.956. The molecular weight excluding hydrogens is 220 g/mol. The molecule has 0 aliphatic rings. The van der Waals surface area contributed by atoms with E-state index in [9.17, 15) is 22.4 Å². The van der Waals surface area contributed by atoms with Crippen molar-refractivity contribution in [2.24, 2.45) is 0 Å². The first-order valence-electron chi connectivity index (χ1n) is 3.57. The highest BCUT2D eigenvalue weighted by molar-refractivity contribution is 5.90. The van der Waals surface area contributed by atoms with Crippen molar-refractivity contribution in [2.75, 3.05) is 0 Å². The van der Waals surface area contributed by atoms with Crippen LogP contribution in [0.15, 0.2) is 12.1 Å². The summed E-state index contributed by atoms with van der Waals surface area (Å²) in [6.07, 6.45) is -4.97. The summed E-state index contributed by atoms with van der Waals surface area (Å²) in [7, 11) is 0. The molecule has 82 valence electrons. The van der Waals surface area contributed by atoms with E-state index in [0.29, 0.717) is 6.07 Å². The Morgan fingerprint density at radius 2 is 1.80 bits per heavy atom. The van der Waals surface area contributed by atoms with Crippen LogP contribution in [0.2, 0.25) is 0 Å². The largest absolute Gasteiger partial charge is 0.504 e. The third-order valence-electron chi connectivity index (χ3n) is 1.65. The summed E-state index contributed by atoms with van der Waals surface area (Å²) in [5.74, 6) is -5.21. The first-order chi connectivity index (χ1) is 6.75. The van der Waals surface area contributed by atoms with Crippen LogP contribution in [0.1, 0.15) is 15.9 Å². The van der Waals surface area contributed by atoms with E-state index < -0.39 is 34.8 Å². The fourth-order valence-corrected chi connectivity index (χ4v) is 0.956. The van der Waals surface area contributed by atoms with Crippen molar-refractivity contribution in [3.63, 3.8) is 0 Å². The Hall–Kier alpha value is -1.79. The van der Waals surface area contributed by atoms with Crippen molar-refractivity contribution < 1.29 is 32.6 Å². The Morgan fingerprint density at radius 1 is 1.27 bits per heavy atom. The standard InChI is InChI=1S/C8H4F4O3/c9-5-4(8(10,11)12)2-1-3(6(5)13)7(14)15/h1-2,13H,(H,14,15). The SMILES string of the molecule is O=C(O)c1ccc(C(F)(F)F)c(F)c1O. The van der Waals surface area contributed by atoms with E-state index in [2.05, 4.69) is 0 Å². The van der Waals surface area contributed by atoms with Gasteiger partial charge in [0.1, 0.15) is 5.56 Å². The molecule has 1 aromatic carbocycles. The van der Waals surface area contributed by atoms with Gasteiger partial charge in [-0.2, -0.15) is 13.2 Å². The minimum Gasteiger partial charge on any atom is -0.504 e. The summed E-state index contributed by atoms with van der Waals surface area (Å²) in [5.41, 5.74) is -2.62. The van der Waals surface area contributed by atoms with Crippen molar-refractivity contribution in [3.05, 3.63) is 29.1 Å². The van der Waals surface area contributed by atoms with Gasteiger partial charge in [-0.25, -0.2) is 9.18 Å². The maximum atomic E-state index is 12.9. The zero-order valence-corrected chi connectivity index (χ0v) is 6.97. The lowest BCUT2D eigenvalue weighted by atomic mass is 10.1. The van der Waals surface area contributed by atoms with E-state index in [1.807, 2.05) is 0 Å². The van der Waals surface area contributed by atoms with Gasteiger partial charge in [-0.3, -0.25) is 0 Å². The second kappa shape index (κ2) is 3.41. The number of carboxylic acids is 1. The van der Waals surface area contributed by atoms with Crippen molar-refractivity contribution >= 4 is 5.97 Å². The summed E-state index contributed by atoms with van der Waals surface area (Å²) in [6.45, 7) is 0. The van der Waals surface area contributed by atoms with Crippen LogP contribution in [0.4, 0.5) is 17.6 Å². The molecule has 0 spiro atoms. The van der Waals surface area contributed by atoms with E-state index in [-0.39, 0.29) is 6.07 Å². The molecule has 0 radical (unpaired) electrons. The Morgan fingerprint density at radius 3 is 2.20 bits per heavy atom. The molecule has 0 aromatic heterocycles. The van der Waals surface area contributed by atoms with Crippen LogP contribution in [-0.2, 0) is 6.18 Å². The third kappa shape index (κ3) is 2.00. The summed E-state index contributed by atoms with van der Waals surface area (Å²) in [4.78, 5) is 10.3. The molecule has 7 heteroatoms. The monoisotopic (exact) mass is 224 g/mol. The van der Waals surface area contributed by atoms with E-state index in [4.69, 9.17) is 10.2 Å². The average Bonchev–Trinajstić information content (AvgIpc) is 2.06. The normalized spacial score (nSPS) is 11.5. The molecule has 0 saturated carbocycles. The summed E-state index contributed by atoms with van der Waals surface area (Å²) < 4.78 is 49.1. The highest BCUT2D eigenvalue weighted by Gasteiger charge is 2.36. The molecule has 0 amide bonds. The van der Waals surface area contributed by atoms with Gasteiger partial charge in [0.2, 0.25) is 0 Å². The lowest BCUT2D eigenvalue weighted by molar-refractivity contribution is -0.140. The predicted molar refractivity (Wildman–Crippen MR) is 40.0 cm³/mol. The number of phenols is 1. The smallest absolute Gasteiger partial charge is 0.419 e. The summed E-state index contributed by atoms with van der Waals surface area (Å²) >= 11 is 0. The molecule has 0 bridgehead atoms. The molecular formula is C8H4F4O3. The van der Waals surface area contributed by atoms with E-state index in [0.717, 1.165) is 0 Å². The van der Waals surface area contributed by atoms with Gasteiger partial charge in [-0.1, -0.05) is 0 Å². The summed E-state index contributed by atoms with van der Waals surface area (Å²) in [5, 5.41) is 17.2. The quantitative estimate of drug-likeness (QED) is 0.719. The van der Waals surface area contributed by atoms with E-state index >= 15 is 0 Å². The van der Waals surface area contributed by atoms with Crippen LogP contribution in [0, 0.1) is 5.82 Å². The highest BCUT2D eigenvalue weighted by Crippen LogP contribution is 2.35. The van der Waals surface area contributed by atoms with Gasteiger partial charge in [0.15, 0.2) is 11.6 Å². The molecule has 1 rings (SSSR count). The number of hydrogen-bond donors (Lipinski definition) is 2. The van der Waals surface area contributed by atoms with Crippen LogP contribution in [-0.4, -0.2) is 16.2 Å². The molecule has 0 unspecified atom stereocenters. The number of rotatable bonds is 1. The average molecular weight is 224 g/mol. The first kappa shape index (κ1) is 11.3. The summed E-state index contributed by atoms with van der Waals surface area (Å²) in [6, 6.07) is 0.752. The highest BCUT2D eigenvalue weighted by atomic mass is 19.4. The number of carbonyl (C=O) groups is 1. The maximum Gasteiger partial charge on any atom is 0.419 e. The minimum atomic E-state index is -4.97. The van der Waals surface area contributed by atoms with Gasteiger partial charge in [0.25, 0.3) is 0 Å². The maximum absolute atomic E-state index is 12.9. The first-order valence-corrected chi connectivity index (χ1v) is 3.57. The van der Waals surface area contributed by atoms with Crippen LogP contribution >= 0.6 is 0 Å². The second-order valence-electron chi connectivity index (χ2n) is 2.63. The number of carboxylic acid groups (broad SMARTS) is 1. The number of hydrogen-bond acceptors (Lipinski definition) is 2. The van der Waals surface area contributed by atoms with Crippen molar-refractivity contribution in [2.45, 2.75) is 6.18 Å². The van der Waals surface area contributed by atoms with E-state index in [1.54, 1.807) is 0 Å². The molecule has 3 nitrogen and oxygen atoms in total. The third-order valence-corrected chi connectivity index (χ3v) is 1.65. The Kier molecular flexibility index (Phi) is 2.57. The van der Waals surface area contributed by atoms with Gasteiger partial charge < -0.3 is 10.2 Å². The molecule has 0 aliphatic heterocycles. The number of alkyl halides is 3. The lowest BCUT2D eigenvalue weighted by Crippen LogP contribution is -2.10.